The molecule has 4 heteroatoms. The van der Waals surface area contributed by atoms with Crippen molar-refractivity contribution in [3.05, 3.63) is 0 Å². The number of likely N-dealkylation sites (tertiary alicyclic amines) is 1. The SMILES string of the molecule is CCC(=O)C1(NO)CCN(C)CC1. The molecule has 0 aliphatic carbocycles. The number of nitrogens with one attached hydrogen (secondary N) is 1. The zero-order chi connectivity index (χ0) is 9.90. The number of Topliss-reactive ketones (excluding diaryl/α,β-unsaturated/α-hetero) is 1. The third-order valence-electron chi connectivity index (χ3n) is 2.91. The predicted molar refractivity (Wildman–Crippen MR) is 49.7 cm³/mol. The molecule has 0 aromatic heterocycles. The first kappa shape index (κ1) is 10.6. The fraction of sp³-hybridized carbons (Fsp3) is 0.889. The van der Waals surface area contributed by atoms with Crippen LogP contribution < -0.4 is 5.48 Å². The van der Waals surface area contributed by atoms with Crippen LogP contribution in [-0.4, -0.2) is 41.6 Å². The van der Waals surface area contributed by atoms with Gasteiger partial charge in [0.15, 0.2) is 5.78 Å². The third kappa shape index (κ3) is 2.07. The Bertz CT molecular complexity index is 186. The quantitative estimate of drug-likeness (QED) is 0.627. The molecule has 0 saturated carbocycles. The van der Waals surface area contributed by atoms with Crippen LogP contribution in [0.15, 0.2) is 0 Å². The van der Waals surface area contributed by atoms with Gasteiger partial charge in [-0.05, 0) is 19.9 Å². The number of carbonyl (C=O) groups excluding carboxylic acids is 1. The van der Waals surface area contributed by atoms with E-state index in [9.17, 15) is 4.79 Å². The number of hydrogen-bond acceptors (Lipinski definition) is 4. The van der Waals surface area contributed by atoms with Crippen LogP contribution in [-0.2, 0) is 4.79 Å². The summed E-state index contributed by atoms with van der Waals surface area (Å²) in [6, 6.07) is 0. The van der Waals surface area contributed by atoms with Gasteiger partial charge in [0.25, 0.3) is 0 Å². The molecule has 1 saturated heterocycles. The molecule has 1 rings (SSSR count). The van der Waals surface area contributed by atoms with Crippen molar-refractivity contribution in [1.29, 1.82) is 0 Å². The monoisotopic (exact) mass is 186 g/mol. The first-order valence-electron chi connectivity index (χ1n) is 4.78. The van der Waals surface area contributed by atoms with E-state index in [1.54, 1.807) is 0 Å². The van der Waals surface area contributed by atoms with Gasteiger partial charge in [0.2, 0.25) is 0 Å². The summed E-state index contributed by atoms with van der Waals surface area (Å²) >= 11 is 0. The summed E-state index contributed by atoms with van der Waals surface area (Å²) in [4.78, 5) is 13.8. The lowest BCUT2D eigenvalue weighted by molar-refractivity contribution is -0.132. The molecule has 2 N–H and O–H groups in total. The van der Waals surface area contributed by atoms with E-state index in [1.807, 2.05) is 14.0 Å². The van der Waals surface area contributed by atoms with Crippen molar-refractivity contribution in [3.63, 3.8) is 0 Å². The second-order valence-corrected chi connectivity index (χ2v) is 3.77. The highest BCUT2D eigenvalue weighted by molar-refractivity contribution is 5.88. The van der Waals surface area contributed by atoms with Gasteiger partial charge in [-0.15, -0.1) is 0 Å². The van der Waals surface area contributed by atoms with Gasteiger partial charge >= 0.3 is 0 Å². The maximum atomic E-state index is 11.6. The van der Waals surface area contributed by atoms with E-state index in [0.717, 1.165) is 13.1 Å². The summed E-state index contributed by atoms with van der Waals surface area (Å²) in [5.41, 5.74) is 1.55. The van der Waals surface area contributed by atoms with Gasteiger partial charge < -0.3 is 10.1 Å². The summed E-state index contributed by atoms with van der Waals surface area (Å²) in [5, 5.41) is 9.04. The van der Waals surface area contributed by atoms with Crippen molar-refractivity contribution in [2.75, 3.05) is 20.1 Å². The zero-order valence-corrected chi connectivity index (χ0v) is 8.34. The molecule has 0 amide bonds. The van der Waals surface area contributed by atoms with Crippen LogP contribution in [0.5, 0.6) is 0 Å². The van der Waals surface area contributed by atoms with Gasteiger partial charge in [0, 0.05) is 19.5 Å². The van der Waals surface area contributed by atoms with Crippen LogP contribution in [0.2, 0.25) is 0 Å². The summed E-state index contributed by atoms with van der Waals surface area (Å²) in [5.74, 6) is 0.114. The Kier molecular flexibility index (Phi) is 3.41. The van der Waals surface area contributed by atoms with Crippen LogP contribution in [0.25, 0.3) is 0 Å². The Labute approximate surface area is 78.9 Å². The minimum absolute atomic E-state index is 0.114. The van der Waals surface area contributed by atoms with Crippen molar-refractivity contribution in [2.45, 2.75) is 31.7 Å². The minimum Gasteiger partial charge on any atom is -0.316 e. The van der Waals surface area contributed by atoms with Gasteiger partial charge in [0.1, 0.15) is 5.54 Å². The predicted octanol–water partition coefficient (Wildman–Crippen LogP) is 0.409. The highest BCUT2D eigenvalue weighted by Gasteiger charge is 2.38. The second kappa shape index (κ2) is 4.17. The molecule has 1 fully saturated rings. The molecule has 1 heterocycles. The molecule has 0 aromatic carbocycles. The Hall–Kier alpha value is -0.450. The first-order chi connectivity index (χ1) is 6.14. The second-order valence-electron chi connectivity index (χ2n) is 3.77. The molecule has 0 radical (unpaired) electrons. The third-order valence-corrected chi connectivity index (χ3v) is 2.91. The van der Waals surface area contributed by atoms with Crippen molar-refractivity contribution < 1.29 is 10.0 Å². The Morgan fingerprint density at radius 1 is 1.54 bits per heavy atom. The number of rotatable bonds is 3. The Balaban J connectivity index is 2.65. The molecular weight excluding hydrogens is 168 g/mol. The van der Waals surface area contributed by atoms with E-state index >= 15 is 0 Å². The molecular formula is C9H18N2O2. The number of piperidine rings is 1. The van der Waals surface area contributed by atoms with E-state index < -0.39 is 5.54 Å². The summed E-state index contributed by atoms with van der Waals surface area (Å²) in [6.07, 6.45) is 1.89. The van der Waals surface area contributed by atoms with Crippen molar-refractivity contribution >= 4 is 5.78 Å². The highest BCUT2D eigenvalue weighted by atomic mass is 16.5. The lowest BCUT2D eigenvalue weighted by Crippen LogP contribution is -2.56. The normalized spacial score (nSPS) is 23.0. The van der Waals surface area contributed by atoms with Gasteiger partial charge in [-0.3, -0.25) is 4.79 Å². The van der Waals surface area contributed by atoms with Crippen molar-refractivity contribution in [3.8, 4) is 0 Å². The fourth-order valence-corrected chi connectivity index (χ4v) is 1.79. The molecule has 0 atom stereocenters. The van der Waals surface area contributed by atoms with Crippen LogP contribution in [0.1, 0.15) is 26.2 Å². The molecule has 0 bridgehead atoms. The Morgan fingerprint density at radius 3 is 2.46 bits per heavy atom. The largest absolute Gasteiger partial charge is 0.316 e. The van der Waals surface area contributed by atoms with E-state index in [-0.39, 0.29) is 5.78 Å². The van der Waals surface area contributed by atoms with Gasteiger partial charge in [-0.25, -0.2) is 0 Å². The highest BCUT2D eigenvalue weighted by Crippen LogP contribution is 2.23. The number of carbonyl (C=O) groups is 1. The Morgan fingerprint density at radius 2 is 2.08 bits per heavy atom. The molecule has 0 unspecified atom stereocenters. The average Bonchev–Trinajstić information content (AvgIpc) is 2.18. The molecule has 0 aromatic rings. The number of hydroxylamine groups is 1. The standard InChI is InChI=1S/C9H18N2O2/c1-3-8(12)9(10-13)4-6-11(2)7-5-9/h10,13H,3-7H2,1-2H3. The summed E-state index contributed by atoms with van der Waals surface area (Å²) in [7, 11) is 2.03. The van der Waals surface area contributed by atoms with Gasteiger partial charge in [-0.1, -0.05) is 6.92 Å². The molecule has 0 spiro atoms. The van der Waals surface area contributed by atoms with Gasteiger partial charge in [-0.2, -0.15) is 5.48 Å². The van der Waals surface area contributed by atoms with E-state index in [0.29, 0.717) is 19.3 Å². The van der Waals surface area contributed by atoms with E-state index in [2.05, 4.69) is 10.4 Å². The zero-order valence-electron chi connectivity index (χ0n) is 8.34. The maximum Gasteiger partial charge on any atom is 0.154 e. The molecule has 76 valence electrons. The lowest BCUT2D eigenvalue weighted by Gasteiger charge is -2.38. The van der Waals surface area contributed by atoms with Crippen molar-refractivity contribution in [2.24, 2.45) is 0 Å². The molecule has 4 nitrogen and oxygen atoms in total. The van der Waals surface area contributed by atoms with E-state index in [1.165, 1.54) is 0 Å². The molecule has 1 aliphatic rings. The topological polar surface area (TPSA) is 52.6 Å². The van der Waals surface area contributed by atoms with Crippen LogP contribution in [0.4, 0.5) is 0 Å². The number of nitrogens with zero attached hydrogens (tertiary/aromatic N) is 1. The van der Waals surface area contributed by atoms with Crippen molar-refractivity contribution in [1.82, 2.24) is 10.4 Å². The van der Waals surface area contributed by atoms with Gasteiger partial charge in [0.05, 0.1) is 0 Å². The maximum absolute atomic E-state index is 11.6. The molecule has 1 aliphatic heterocycles. The van der Waals surface area contributed by atoms with E-state index in [4.69, 9.17) is 5.21 Å². The molecule has 13 heavy (non-hydrogen) atoms. The smallest absolute Gasteiger partial charge is 0.154 e. The number of ketones is 1. The first-order valence-corrected chi connectivity index (χ1v) is 4.78. The summed E-state index contributed by atoms with van der Waals surface area (Å²) < 4.78 is 0. The summed E-state index contributed by atoms with van der Waals surface area (Å²) in [6.45, 7) is 3.55. The van der Waals surface area contributed by atoms with Crippen LogP contribution in [0.3, 0.4) is 0 Å². The van der Waals surface area contributed by atoms with Crippen LogP contribution in [0, 0.1) is 0 Å². The number of hydrogen-bond donors (Lipinski definition) is 2. The minimum atomic E-state index is -0.665. The fourth-order valence-electron chi connectivity index (χ4n) is 1.79. The average molecular weight is 186 g/mol. The lowest BCUT2D eigenvalue weighted by atomic mass is 9.83. The van der Waals surface area contributed by atoms with Crippen LogP contribution >= 0.6 is 0 Å².